The van der Waals surface area contributed by atoms with Crippen molar-refractivity contribution in [3.8, 4) is 0 Å². The Balaban J connectivity index is 2.21. The van der Waals surface area contributed by atoms with Crippen LogP contribution in [0.2, 0.25) is 0 Å². The van der Waals surface area contributed by atoms with E-state index in [0.717, 1.165) is 116 Å². The van der Waals surface area contributed by atoms with Gasteiger partial charge in [-0.05, 0) is 25.7 Å². The number of amides is 2. The third-order valence-corrected chi connectivity index (χ3v) is 14.1. The molecular formula is C48H92N2O21P2. The minimum Gasteiger partial charge on any atom is -0.460 e. The molecule has 25 heteroatoms. The first-order valence-corrected chi connectivity index (χ1v) is 29.9. The van der Waals surface area contributed by atoms with Crippen molar-refractivity contribution in [1.82, 2.24) is 10.6 Å². The smallest absolute Gasteiger partial charge is 0.460 e. The van der Waals surface area contributed by atoms with Gasteiger partial charge in [-0.1, -0.05) is 156 Å². The molecule has 0 aromatic rings. The molecule has 0 saturated carbocycles. The summed E-state index contributed by atoms with van der Waals surface area (Å²) >= 11 is 0. The van der Waals surface area contributed by atoms with Crippen LogP contribution in [0.3, 0.4) is 0 Å². The Morgan fingerprint density at radius 1 is 0.548 bits per heavy atom. The molecule has 0 spiro atoms. The Kier molecular flexibility index (Phi) is 34.3. The van der Waals surface area contributed by atoms with Gasteiger partial charge in [0.25, 0.3) is 0 Å². The molecule has 2 amide bonds. The number of esters is 1. The monoisotopic (exact) mass is 1090 g/mol. The van der Waals surface area contributed by atoms with Crippen molar-refractivity contribution in [2.75, 3.05) is 13.2 Å². The topological polar surface area (TPSA) is 367 Å². The molecule has 0 aromatic heterocycles. The highest BCUT2D eigenvalue weighted by atomic mass is 31.2. The fourth-order valence-corrected chi connectivity index (χ4v) is 10.0. The van der Waals surface area contributed by atoms with Crippen molar-refractivity contribution in [3.05, 3.63) is 0 Å². The molecule has 73 heavy (non-hydrogen) atoms. The zero-order chi connectivity index (χ0) is 54.4. The number of carbonyl (C=O) groups excluding carboxylic acids is 3. The van der Waals surface area contributed by atoms with E-state index < -0.39 is 139 Å². The maximum atomic E-state index is 13.6. The van der Waals surface area contributed by atoms with E-state index in [2.05, 4.69) is 31.4 Å². The molecule has 2 rings (SSSR count). The molecule has 0 aliphatic carbocycles. The lowest BCUT2D eigenvalue weighted by Crippen LogP contribution is -2.67. The molecule has 12 N–H and O–H groups in total. The predicted molar refractivity (Wildman–Crippen MR) is 266 cm³/mol. The van der Waals surface area contributed by atoms with Gasteiger partial charge in [-0.2, -0.15) is 0 Å². The Labute approximate surface area is 431 Å². The molecule has 0 bridgehead atoms. The zero-order valence-corrected chi connectivity index (χ0v) is 45.2. The summed E-state index contributed by atoms with van der Waals surface area (Å²) in [6.07, 6.45) is 1.88. The number of hydrogen-bond acceptors (Lipinski definition) is 17. The van der Waals surface area contributed by atoms with Crippen LogP contribution in [0.25, 0.3) is 0 Å². The van der Waals surface area contributed by atoms with Crippen LogP contribution in [0.15, 0.2) is 0 Å². The highest BCUT2D eigenvalue weighted by molar-refractivity contribution is 7.46. The van der Waals surface area contributed by atoms with Crippen LogP contribution in [0.5, 0.6) is 0 Å². The molecular weight excluding hydrogens is 1000 g/mol. The van der Waals surface area contributed by atoms with E-state index in [1.807, 2.05) is 0 Å². The summed E-state index contributed by atoms with van der Waals surface area (Å²) in [6.45, 7) is 4.49. The average molecular weight is 1100 g/mol. The van der Waals surface area contributed by atoms with Crippen LogP contribution in [-0.2, 0) is 51.5 Å². The summed E-state index contributed by atoms with van der Waals surface area (Å²) in [5, 5.41) is 70.1. The molecule has 430 valence electrons. The first-order chi connectivity index (χ1) is 34.6. The molecule has 0 radical (unpaired) electrons. The summed E-state index contributed by atoms with van der Waals surface area (Å²) in [7, 11) is -10.8. The normalized spacial score (nSPS) is 26.0. The third-order valence-electron chi connectivity index (χ3n) is 13.1. The Morgan fingerprint density at radius 2 is 0.986 bits per heavy atom. The second-order valence-electron chi connectivity index (χ2n) is 19.6. The van der Waals surface area contributed by atoms with Crippen LogP contribution in [0, 0.1) is 0 Å². The van der Waals surface area contributed by atoms with Gasteiger partial charge in [0.2, 0.25) is 11.8 Å². The van der Waals surface area contributed by atoms with Crippen molar-refractivity contribution < 1.29 is 102 Å². The van der Waals surface area contributed by atoms with Gasteiger partial charge in [0.15, 0.2) is 18.7 Å². The van der Waals surface area contributed by atoms with E-state index in [0.29, 0.717) is 19.3 Å². The number of ether oxygens (including phenoxy) is 4. The van der Waals surface area contributed by atoms with Gasteiger partial charge in [0, 0.05) is 0 Å². The molecule has 2 fully saturated rings. The van der Waals surface area contributed by atoms with Crippen molar-refractivity contribution >= 4 is 33.4 Å². The number of carbonyl (C=O) groups is 3. The molecule has 2 heterocycles. The van der Waals surface area contributed by atoms with E-state index >= 15 is 0 Å². The predicted octanol–water partition coefficient (Wildman–Crippen LogP) is 4.31. The molecule has 2 aliphatic heterocycles. The van der Waals surface area contributed by atoms with E-state index in [1.165, 1.54) is 6.42 Å². The Bertz CT molecular complexity index is 1610. The molecule has 23 nitrogen and oxygen atoms in total. The highest BCUT2D eigenvalue weighted by Gasteiger charge is 2.52. The average Bonchev–Trinajstić information content (AvgIpc) is 3.31. The fourth-order valence-electron chi connectivity index (χ4n) is 9.00. The van der Waals surface area contributed by atoms with Gasteiger partial charge >= 0.3 is 21.6 Å². The second kappa shape index (κ2) is 37.1. The number of nitrogens with one attached hydrogen (secondary N) is 2. The number of unbranched alkanes of at least 4 members (excludes halogenated alkanes) is 19. The lowest BCUT2D eigenvalue weighted by molar-refractivity contribution is -0.294. The van der Waals surface area contributed by atoms with Crippen LogP contribution in [0.4, 0.5) is 0 Å². The second-order valence-corrected chi connectivity index (χ2v) is 22.0. The van der Waals surface area contributed by atoms with E-state index in [4.69, 9.17) is 28.0 Å². The van der Waals surface area contributed by atoms with Gasteiger partial charge in [0.05, 0.1) is 32.2 Å². The number of hydrogen-bond donors (Lipinski definition) is 12. The SMILES string of the molecule is CCCCCCCCCC[C@H](O)C(=O)O[C@H](CCCCCCCCC)CC(=O)N[C@H]1[C@@H](OP(=O)(O)O)O[C@H](CO[C@@H]2O[C@H](CO)[C@@H](OP(=O)(O)O)[C@H](O)[C@H]2NC(=O)C[C@H](O)CCCCCCCCC)[C@@H](O)[C@@H]1O. The van der Waals surface area contributed by atoms with E-state index in [9.17, 15) is 73.7 Å². The molecule has 0 unspecified atom stereocenters. The van der Waals surface area contributed by atoms with Crippen LogP contribution >= 0.6 is 15.6 Å². The standard InChI is InChI=1S/C48H92N2O21P2/c1-4-7-10-13-16-19-22-25-28-35(53)46(59)67-34(27-24-21-18-15-12-9-6-3)30-39(55)50-40-43(57)42(56)37(69-48(40)71-73(63,64)65)32-66-47-41(44(58)45(36(31-51)68-47)70-72(60,61)62)49-38(54)29-33(52)26-23-20-17-14-11-8-5-2/h33-37,40-45,47-48,51-53,56-58H,4-32H2,1-3H3,(H,49,54)(H,50,55)(H2,60,61,62)(H2,63,64,65)/t33-,34-,35+,36-,37-,40-,41-,42-,43-,44-,45-,47-,48-/m1/s1. The third kappa shape index (κ3) is 28.5. The van der Waals surface area contributed by atoms with Crippen LogP contribution in [0.1, 0.15) is 194 Å². The van der Waals surface area contributed by atoms with Crippen molar-refractivity contribution in [2.45, 2.75) is 274 Å². The summed E-state index contributed by atoms with van der Waals surface area (Å²) in [4.78, 5) is 78.7. The summed E-state index contributed by atoms with van der Waals surface area (Å²) < 4.78 is 56.3. The lowest BCUT2D eigenvalue weighted by atomic mass is 9.95. The Morgan fingerprint density at radius 3 is 1.48 bits per heavy atom. The van der Waals surface area contributed by atoms with Gasteiger partial charge in [0.1, 0.15) is 54.8 Å². The van der Waals surface area contributed by atoms with Gasteiger partial charge in [-0.3, -0.25) is 18.6 Å². The van der Waals surface area contributed by atoms with Gasteiger partial charge in [-0.15, -0.1) is 0 Å². The van der Waals surface area contributed by atoms with Gasteiger partial charge < -0.3 is 79.8 Å². The van der Waals surface area contributed by atoms with Gasteiger partial charge in [-0.25, -0.2) is 13.9 Å². The van der Waals surface area contributed by atoms with Crippen molar-refractivity contribution in [2.24, 2.45) is 0 Å². The maximum absolute atomic E-state index is 13.6. The maximum Gasteiger partial charge on any atom is 0.472 e. The minimum absolute atomic E-state index is 0.166. The molecule has 2 saturated heterocycles. The zero-order valence-electron chi connectivity index (χ0n) is 43.4. The number of phosphoric acid groups is 2. The fraction of sp³-hybridized carbons (Fsp3) is 0.938. The molecule has 2 aliphatic rings. The van der Waals surface area contributed by atoms with Crippen LogP contribution in [-0.4, -0.2) is 161 Å². The van der Waals surface area contributed by atoms with Crippen molar-refractivity contribution in [3.63, 3.8) is 0 Å². The quantitative estimate of drug-likeness (QED) is 0.0230. The number of aliphatic hydroxyl groups excluding tert-OH is 6. The molecule has 13 atom stereocenters. The number of phosphoric ester groups is 2. The number of aliphatic hydroxyl groups is 6. The summed E-state index contributed by atoms with van der Waals surface area (Å²) in [5.41, 5.74) is 0. The van der Waals surface area contributed by atoms with Crippen molar-refractivity contribution in [1.29, 1.82) is 0 Å². The molecule has 0 aromatic carbocycles. The first kappa shape index (κ1) is 67.4. The highest BCUT2D eigenvalue weighted by Crippen LogP contribution is 2.43. The van der Waals surface area contributed by atoms with E-state index in [-0.39, 0.29) is 19.3 Å². The summed E-state index contributed by atoms with van der Waals surface area (Å²) in [5.74, 6) is -2.65. The largest absolute Gasteiger partial charge is 0.472 e. The Hall–Kier alpha value is -1.73. The lowest BCUT2D eigenvalue weighted by Gasteiger charge is -2.45. The first-order valence-electron chi connectivity index (χ1n) is 26.8. The number of rotatable bonds is 41. The van der Waals surface area contributed by atoms with Crippen LogP contribution < -0.4 is 10.6 Å². The van der Waals surface area contributed by atoms with E-state index in [1.54, 1.807) is 0 Å². The summed E-state index contributed by atoms with van der Waals surface area (Å²) in [6, 6.07) is -3.59. The minimum atomic E-state index is -5.48.